The molecule has 0 aliphatic heterocycles. The van der Waals surface area contributed by atoms with Crippen molar-refractivity contribution in [2.45, 2.75) is 66.0 Å². The average Bonchev–Trinajstić information content (AvgIpc) is 3.17. The molecular weight excluding hydrogens is 318 g/mol. The second kappa shape index (κ2) is 6.82. The number of carbonyl (C=O) groups excluding carboxylic acids is 1. The van der Waals surface area contributed by atoms with E-state index in [-0.39, 0.29) is 24.1 Å². The van der Waals surface area contributed by atoms with Gasteiger partial charge in [-0.1, -0.05) is 12.8 Å². The Morgan fingerprint density at radius 2 is 1.92 bits per heavy atom. The van der Waals surface area contributed by atoms with Crippen molar-refractivity contribution in [1.82, 2.24) is 24.6 Å². The lowest BCUT2D eigenvalue weighted by Crippen LogP contribution is -2.39. The fourth-order valence-electron chi connectivity index (χ4n) is 3.36. The maximum atomic E-state index is 12.8. The summed E-state index contributed by atoms with van der Waals surface area (Å²) in [6, 6.07) is 2.14. The molecule has 3 rings (SSSR count). The van der Waals surface area contributed by atoms with Gasteiger partial charge in [-0.2, -0.15) is 5.10 Å². The van der Waals surface area contributed by atoms with Gasteiger partial charge in [-0.05, 0) is 46.6 Å². The van der Waals surface area contributed by atoms with Gasteiger partial charge in [0.2, 0.25) is 11.9 Å². The molecule has 1 N–H and O–H groups in total. The predicted octanol–water partition coefficient (Wildman–Crippen LogP) is 1.72. The van der Waals surface area contributed by atoms with Gasteiger partial charge in [-0.3, -0.25) is 14.2 Å². The van der Waals surface area contributed by atoms with Gasteiger partial charge in [0.25, 0.3) is 5.56 Å². The van der Waals surface area contributed by atoms with E-state index in [1.807, 2.05) is 19.9 Å². The molecule has 2 heterocycles. The lowest BCUT2D eigenvalue weighted by Gasteiger charge is -2.17. The number of aryl methyl sites for hydroxylation is 3. The number of hydrogen-bond donors (Lipinski definition) is 1. The summed E-state index contributed by atoms with van der Waals surface area (Å²) < 4.78 is 3.05. The number of nitrogens with one attached hydrogen (secondary N) is 1. The first-order valence-corrected chi connectivity index (χ1v) is 8.78. The largest absolute Gasteiger partial charge is 0.352 e. The van der Waals surface area contributed by atoms with Gasteiger partial charge in [-0.25, -0.2) is 9.67 Å². The second-order valence-electron chi connectivity index (χ2n) is 6.90. The number of rotatable bonds is 4. The van der Waals surface area contributed by atoms with E-state index in [9.17, 15) is 9.59 Å². The van der Waals surface area contributed by atoms with Crippen molar-refractivity contribution in [2.75, 3.05) is 0 Å². The van der Waals surface area contributed by atoms with E-state index in [1.165, 1.54) is 4.57 Å². The monoisotopic (exact) mass is 343 g/mol. The Kier molecular flexibility index (Phi) is 4.74. The predicted molar refractivity (Wildman–Crippen MR) is 95.0 cm³/mol. The molecular formula is C18H25N5O2. The third-order valence-electron chi connectivity index (χ3n) is 4.84. The highest BCUT2D eigenvalue weighted by Crippen LogP contribution is 2.17. The molecule has 0 spiro atoms. The minimum atomic E-state index is -0.198. The summed E-state index contributed by atoms with van der Waals surface area (Å²) in [7, 11) is 0. The first-order chi connectivity index (χ1) is 11.9. The molecule has 25 heavy (non-hydrogen) atoms. The molecule has 1 aliphatic rings. The number of aromatic nitrogens is 4. The SMILES string of the molecule is Cc1cc(C)n(-c2nc(C)c(C)c(=O)n2CC(=O)NC2CCCC2)n1. The van der Waals surface area contributed by atoms with Gasteiger partial charge in [0, 0.05) is 23.0 Å². The van der Waals surface area contributed by atoms with Gasteiger partial charge >= 0.3 is 0 Å². The Hall–Kier alpha value is -2.44. The van der Waals surface area contributed by atoms with Gasteiger partial charge in [0.1, 0.15) is 6.54 Å². The molecule has 0 bridgehead atoms. The topological polar surface area (TPSA) is 81.8 Å². The molecule has 1 aliphatic carbocycles. The van der Waals surface area contributed by atoms with Crippen molar-refractivity contribution in [1.29, 1.82) is 0 Å². The number of amides is 1. The fourth-order valence-corrected chi connectivity index (χ4v) is 3.36. The zero-order valence-corrected chi connectivity index (χ0v) is 15.3. The van der Waals surface area contributed by atoms with Crippen LogP contribution in [0.2, 0.25) is 0 Å². The third kappa shape index (κ3) is 3.50. The molecule has 7 nitrogen and oxygen atoms in total. The van der Waals surface area contributed by atoms with E-state index in [0.717, 1.165) is 37.1 Å². The van der Waals surface area contributed by atoms with Crippen molar-refractivity contribution in [3.63, 3.8) is 0 Å². The third-order valence-corrected chi connectivity index (χ3v) is 4.84. The molecule has 2 aromatic heterocycles. The van der Waals surface area contributed by atoms with E-state index in [0.29, 0.717) is 17.2 Å². The minimum absolute atomic E-state index is 0.0445. The molecule has 134 valence electrons. The quantitative estimate of drug-likeness (QED) is 0.916. The first-order valence-electron chi connectivity index (χ1n) is 8.78. The standard InChI is InChI=1S/C18H25N5O2/c1-11-9-12(2)23(21-11)18-19-14(4)13(3)17(25)22(18)10-16(24)20-15-7-5-6-8-15/h9,15H,5-8,10H2,1-4H3,(H,20,24). The van der Waals surface area contributed by atoms with Crippen LogP contribution in [0, 0.1) is 27.7 Å². The molecule has 0 radical (unpaired) electrons. The molecule has 0 saturated heterocycles. The van der Waals surface area contributed by atoms with Crippen molar-refractivity contribution in [3.8, 4) is 5.95 Å². The zero-order chi connectivity index (χ0) is 18.1. The summed E-state index contributed by atoms with van der Waals surface area (Å²) in [5.74, 6) is 0.238. The molecule has 0 aromatic carbocycles. The van der Waals surface area contributed by atoms with Gasteiger partial charge in [-0.15, -0.1) is 0 Å². The normalized spacial score (nSPS) is 14.9. The lowest BCUT2D eigenvalue weighted by atomic mass is 10.2. The minimum Gasteiger partial charge on any atom is -0.352 e. The summed E-state index contributed by atoms with van der Waals surface area (Å²) in [6.07, 6.45) is 4.31. The molecule has 1 fully saturated rings. The fraction of sp³-hybridized carbons (Fsp3) is 0.556. The Morgan fingerprint density at radius 1 is 1.24 bits per heavy atom. The van der Waals surface area contributed by atoms with Crippen LogP contribution in [0.3, 0.4) is 0 Å². The molecule has 1 saturated carbocycles. The highest BCUT2D eigenvalue weighted by molar-refractivity contribution is 5.76. The Bertz CT molecular complexity index is 859. The van der Waals surface area contributed by atoms with Gasteiger partial charge in [0.05, 0.1) is 5.69 Å². The maximum absolute atomic E-state index is 12.8. The molecule has 0 atom stereocenters. The maximum Gasteiger partial charge on any atom is 0.258 e. The van der Waals surface area contributed by atoms with Crippen LogP contribution in [0.4, 0.5) is 0 Å². The van der Waals surface area contributed by atoms with Crippen molar-refractivity contribution >= 4 is 5.91 Å². The summed E-state index contributed by atoms with van der Waals surface area (Å²) >= 11 is 0. The Balaban J connectivity index is 1.99. The smallest absolute Gasteiger partial charge is 0.258 e. The summed E-state index contributed by atoms with van der Waals surface area (Å²) in [6.45, 7) is 7.29. The first kappa shape index (κ1) is 17.4. The van der Waals surface area contributed by atoms with Crippen LogP contribution < -0.4 is 10.9 Å². The van der Waals surface area contributed by atoms with E-state index >= 15 is 0 Å². The number of nitrogens with zero attached hydrogens (tertiary/aromatic N) is 4. The van der Waals surface area contributed by atoms with Crippen LogP contribution in [-0.4, -0.2) is 31.3 Å². The summed E-state index contributed by atoms with van der Waals surface area (Å²) in [5, 5.41) is 7.46. The van der Waals surface area contributed by atoms with Crippen LogP contribution >= 0.6 is 0 Å². The Morgan fingerprint density at radius 3 is 2.52 bits per heavy atom. The lowest BCUT2D eigenvalue weighted by molar-refractivity contribution is -0.122. The van der Waals surface area contributed by atoms with E-state index in [4.69, 9.17) is 0 Å². The zero-order valence-electron chi connectivity index (χ0n) is 15.3. The molecule has 7 heteroatoms. The van der Waals surface area contributed by atoms with Gasteiger partial charge < -0.3 is 5.32 Å². The van der Waals surface area contributed by atoms with Crippen molar-refractivity contribution in [3.05, 3.63) is 39.1 Å². The summed E-state index contributed by atoms with van der Waals surface area (Å²) in [5.41, 5.74) is 2.72. The second-order valence-corrected chi connectivity index (χ2v) is 6.90. The van der Waals surface area contributed by atoms with Crippen molar-refractivity contribution < 1.29 is 4.79 Å². The van der Waals surface area contributed by atoms with Crippen LogP contribution in [0.25, 0.3) is 5.95 Å². The van der Waals surface area contributed by atoms with Crippen LogP contribution in [0.15, 0.2) is 10.9 Å². The average molecular weight is 343 g/mol. The Labute approximate surface area is 147 Å². The van der Waals surface area contributed by atoms with Crippen LogP contribution in [-0.2, 0) is 11.3 Å². The van der Waals surface area contributed by atoms with E-state index in [2.05, 4.69) is 15.4 Å². The van der Waals surface area contributed by atoms with Crippen molar-refractivity contribution in [2.24, 2.45) is 0 Å². The van der Waals surface area contributed by atoms with E-state index < -0.39 is 0 Å². The molecule has 1 amide bonds. The molecule has 2 aromatic rings. The molecule has 0 unspecified atom stereocenters. The number of hydrogen-bond acceptors (Lipinski definition) is 4. The summed E-state index contributed by atoms with van der Waals surface area (Å²) in [4.78, 5) is 29.8. The van der Waals surface area contributed by atoms with E-state index in [1.54, 1.807) is 18.5 Å². The van der Waals surface area contributed by atoms with Crippen LogP contribution in [0.5, 0.6) is 0 Å². The highest BCUT2D eigenvalue weighted by atomic mass is 16.2. The van der Waals surface area contributed by atoms with Crippen LogP contribution in [0.1, 0.15) is 48.3 Å². The number of carbonyl (C=O) groups is 1. The van der Waals surface area contributed by atoms with Gasteiger partial charge in [0.15, 0.2) is 0 Å². The highest BCUT2D eigenvalue weighted by Gasteiger charge is 2.21.